The van der Waals surface area contributed by atoms with Crippen molar-refractivity contribution in [1.29, 1.82) is 0 Å². The van der Waals surface area contributed by atoms with E-state index in [0.29, 0.717) is 17.8 Å². The van der Waals surface area contributed by atoms with Crippen LogP contribution in [0.3, 0.4) is 0 Å². The second-order valence-electron chi connectivity index (χ2n) is 7.05. The van der Waals surface area contributed by atoms with Gasteiger partial charge in [-0.15, -0.1) is 0 Å². The lowest BCUT2D eigenvalue weighted by Gasteiger charge is -2.28. The highest BCUT2D eigenvalue weighted by atomic mass is 16.2. The van der Waals surface area contributed by atoms with E-state index < -0.39 is 17.8 Å². The largest absolute Gasteiger partial charge is 0.333 e. The molecular weight excluding hydrogens is 380 g/mol. The van der Waals surface area contributed by atoms with Crippen molar-refractivity contribution in [3.8, 4) is 11.3 Å². The number of barbiturate groups is 1. The van der Waals surface area contributed by atoms with E-state index in [1.807, 2.05) is 60.7 Å². The Morgan fingerprint density at radius 3 is 2.00 bits per heavy atom. The van der Waals surface area contributed by atoms with E-state index in [1.54, 1.807) is 10.9 Å². The smallest absolute Gasteiger partial charge is 0.268 e. The van der Waals surface area contributed by atoms with Gasteiger partial charge in [0.1, 0.15) is 5.57 Å². The zero-order valence-electron chi connectivity index (χ0n) is 16.6. The summed E-state index contributed by atoms with van der Waals surface area (Å²) in [6.07, 6.45) is 3.32. The van der Waals surface area contributed by atoms with Crippen LogP contribution in [-0.2, 0) is 16.1 Å². The molecule has 1 aliphatic rings. The third-order valence-corrected chi connectivity index (χ3v) is 4.97. The summed E-state index contributed by atoms with van der Waals surface area (Å²) >= 11 is 0. The monoisotopic (exact) mass is 400 g/mol. The Hall–Kier alpha value is -4.00. The second kappa shape index (κ2) is 7.79. The van der Waals surface area contributed by atoms with Crippen LogP contribution in [0.2, 0.25) is 0 Å². The normalized spacial score (nSPS) is 14.5. The number of rotatable bonds is 4. The zero-order chi connectivity index (χ0) is 21.3. The van der Waals surface area contributed by atoms with Crippen molar-refractivity contribution < 1.29 is 14.4 Å². The fourth-order valence-corrected chi connectivity index (χ4v) is 3.34. The average Bonchev–Trinajstić information content (AvgIpc) is 3.17. The van der Waals surface area contributed by atoms with E-state index in [0.717, 1.165) is 20.9 Å². The van der Waals surface area contributed by atoms with Gasteiger partial charge >= 0.3 is 6.03 Å². The van der Waals surface area contributed by atoms with Crippen LogP contribution < -0.4 is 0 Å². The number of hydrogen-bond acceptors (Lipinski definition) is 4. The van der Waals surface area contributed by atoms with Gasteiger partial charge in [-0.3, -0.25) is 24.1 Å². The molecule has 30 heavy (non-hydrogen) atoms. The lowest BCUT2D eigenvalue weighted by atomic mass is 10.0. The van der Waals surface area contributed by atoms with Crippen LogP contribution in [0.25, 0.3) is 17.3 Å². The van der Waals surface area contributed by atoms with Crippen molar-refractivity contribution in [1.82, 2.24) is 19.6 Å². The summed E-state index contributed by atoms with van der Waals surface area (Å²) in [4.78, 5) is 39.1. The van der Waals surface area contributed by atoms with Crippen LogP contribution in [0.4, 0.5) is 4.79 Å². The molecule has 4 amide bonds. The Kier molecular flexibility index (Phi) is 5.02. The van der Waals surface area contributed by atoms with Crippen LogP contribution in [0, 0.1) is 0 Å². The highest BCUT2D eigenvalue weighted by Gasteiger charge is 2.38. The molecule has 7 nitrogen and oxygen atoms in total. The van der Waals surface area contributed by atoms with Crippen LogP contribution >= 0.6 is 0 Å². The van der Waals surface area contributed by atoms with Gasteiger partial charge in [0.05, 0.1) is 12.2 Å². The molecule has 0 aliphatic carbocycles. The summed E-state index contributed by atoms with van der Waals surface area (Å²) in [6.45, 7) is 0.546. The molecule has 0 saturated carbocycles. The fourth-order valence-electron chi connectivity index (χ4n) is 3.34. The summed E-state index contributed by atoms with van der Waals surface area (Å²) < 4.78 is 1.78. The van der Waals surface area contributed by atoms with Crippen LogP contribution in [-0.4, -0.2) is 51.5 Å². The van der Waals surface area contributed by atoms with Gasteiger partial charge in [0.15, 0.2) is 0 Å². The summed E-state index contributed by atoms with van der Waals surface area (Å²) in [5, 5.41) is 4.70. The summed E-state index contributed by atoms with van der Waals surface area (Å²) in [6, 6.07) is 18.8. The summed E-state index contributed by atoms with van der Waals surface area (Å²) in [5.41, 5.74) is 3.15. The number of benzene rings is 2. The third-order valence-electron chi connectivity index (χ3n) is 4.97. The first-order chi connectivity index (χ1) is 14.5. The molecule has 2 heterocycles. The number of carbonyl (C=O) groups excluding carboxylic acids is 3. The van der Waals surface area contributed by atoms with Crippen molar-refractivity contribution in [3.63, 3.8) is 0 Å². The molecule has 1 saturated heterocycles. The molecule has 4 rings (SSSR count). The first-order valence-electron chi connectivity index (χ1n) is 9.44. The molecule has 0 unspecified atom stereocenters. The Bertz CT molecular complexity index is 1120. The molecule has 7 heteroatoms. The predicted molar refractivity (Wildman–Crippen MR) is 112 cm³/mol. The predicted octanol–water partition coefficient (Wildman–Crippen LogP) is 3.03. The Labute approximate surface area is 173 Å². The second-order valence-corrected chi connectivity index (χ2v) is 7.05. The molecule has 0 bridgehead atoms. The first kappa shape index (κ1) is 19.3. The number of nitrogens with zero attached hydrogens (tertiary/aromatic N) is 4. The lowest BCUT2D eigenvalue weighted by molar-refractivity contribution is -0.134. The molecule has 0 radical (unpaired) electrons. The molecule has 3 aromatic rings. The highest BCUT2D eigenvalue weighted by molar-refractivity contribution is 6.30. The van der Waals surface area contributed by atoms with Gasteiger partial charge in [-0.05, 0) is 11.6 Å². The summed E-state index contributed by atoms with van der Waals surface area (Å²) in [7, 11) is 2.72. The van der Waals surface area contributed by atoms with Crippen molar-refractivity contribution in [2.45, 2.75) is 6.54 Å². The molecule has 1 fully saturated rings. The Morgan fingerprint density at radius 1 is 0.833 bits per heavy atom. The van der Waals surface area contributed by atoms with Gasteiger partial charge in [-0.1, -0.05) is 60.7 Å². The molecule has 150 valence electrons. The number of likely N-dealkylation sites (N-methyl/N-ethyl adjacent to an activating group) is 2. The molecule has 0 N–H and O–H groups in total. The minimum Gasteiger partial charge on any atom is -0.268 e. The minimum atomic E-state index is -0.648. The van der Waals surface area contributed by atoms with E-state index in [2.05, 4.69) is 0 Å². The van der Waals surface area contributed by atoms with Crippen LogP contribution in [0.5, 0.6) is 0 Å². The molecule has 0 spiro atoms. The van der Waals surface area contributed by atoms with E-state index >= 15 is 0 Å². The fraction of sp³-hybridized carbons (Fsp3) is 0.130. The molecular formula is C23H20N4O3. The topological polar surface area (TPSA) is 75.5 Å². The maximum atomic E-state index is 12.6. The Morgan fingerprint density at radius 2 is 1.40 bits per heavy atom. The highest BCUT2D eigenvalue weighted by Crippen LogP contribution is 2.26. The van der Waals surface area contributed by atoms with Gasteiger partial charge in [-0.2, -0.15) is 5.10 Å². The summed E-state index contributed by atoms with van der Waals surface area (Å²) in [5.74, 6) is -1.25. The van der Waals surface area contributed by atoms with Crippen LogP contribution in [0.1, 0.15) is 11.1 Å². The average molecular weight is 400 g/mol. The molecule has 0 atom stereocenters. The molecule has 1 aromatic heterocycles. The lowest BCUT2D eigenvalue weighted by Crippen LogP contribution is -2.52. The molecule has 1 aliphatic heterocycles. The van der Waals surface area contributed by atoms with Gasteiger partial charge in [0.2, 0.25) is 0 Å². The van der Waals surface area contributed by atoms with E-state index in [-0.39, 0.29) is 5.57 Å². The number of aromatic nitrogens is 2. The van der Waals surface area contributed by atoms with Gasteiger partial charge in [0, 0.05) is 31.4 Å². The van der Waals surface area contributed by atoms with E-state index in [9.17, 15) is 14.4 Å². The number of imide groups is 2. The Balaban J connectivity index is 1.80. The van der Waals surface area contributed by atoms with Gasteiger partial charge < -0.3 is 0 Å². The van der Waals surface area contributed by atoms with Crippen LogP contribution in [0.15, 0.2) is 72.4 Å². The van der Waals surface area contributed by atoms with Gasteiger partial charge in [0.25, 0.3) is 11.8 Å². The number of hydrogen-bond donors (Lipinski definition) is 0. The van der Waals surface area contributed by atoms with Gasteiger partial charge in [-0.25, -0.2) is 4.79 Å². The minimum absolute atomic E-state index is 0.0731. The molecule has 2 aromatic carbocycles. The number of carbonyl (C=O) groups is 3. The van der Waals surface area contributed by atoms with E-state index in [1.165, 1.54) is 20.2 Å². The third kappa shape index (κ3) is 3.53. The van der Waals surface area contributed by atoms with Crippen molar-refractivity contribution in [3.05, 3.63) is 83.6 Å². The quantitative estimate of drug-likeness (QED) is 0.498. The van der Waals surface area contributed by atoms with Crippen molar-refractivity contribution in [2.24, 2.45) is 0 Å². The maximum Gasteiger partial charge on any atom is 0.333 e. The maximum absolute atomic E-state index is 12.6. The first-order valence-corrected chi connectivity index (χ1v) is 9.44. The SMILES string of the molecule is CN1C(=O)C(=Cc2cn(Cc3ccccc3)nc2-c2ccccc2)C(=O)N(C)C1=O. The standard InChI is InChI=1S/C23H20N4O3/c1-25-21(28)19(22(29)26(2)23(25)30)13-18-15-27(14-16-9-5-3-6-10-16)24-20(18)17-11-7-4-8-12-17/h3-13,15H,14H2,1-2H3. The van der Waals surface area contributed by atoms with Crippen molar-refractivity contribution in [2.75, 3.05) is 14.1 Å². The number of amides is 4. The number of urea groups is 1. The van der Waals surface area contributed by atoms with Crippen molar-refractivity contribution >= 4 is 23.9 Å². The van der Waals surface area contributed by atoms with E-state index in [4.69, 9.17) is 5.10 Å². The zero-order valence-corrected chi connectivity index (χ0v) is 16.6.